The highest BCUT2D eigenvalue weighted by molar-refractivity contribution is 7.91. The van der Waals surface area contributed by atoms with Gasteiger partial charge in [0.05, 0.1) is 14.6 Å². The number of aromatic nitrogens is 1. The molecule has 0 saturated carbocycles. The first-order valence-corrected chi connectivity index (χ1v) is 5.61. The Kier molecular flexibility index (Phi) is 2.39. The number of hydrogen-bond acceptors (Lipinski definition) is 3. The molecule has 0 amide bonds. The van der Waals surface area contributed by atoms with Gasteiger partial charge >= 0.3 is 0 Å². The first-order valence-electron chi connectivity index (χ1n) is 3.27. The first kappa shape index (κ1) is 9.48. The third-order valence-electron chi connectivity index (χ3n) is 1.45. The maximum absolute atomic E-state index is 11.3. The zero-order chi connectivity index (χ0) is 9.35. The highest BCUT2D eigenvalue weighted by Gasteiger charge is 2.07. The second kappa shape index (κ2) is 3.03. The van der Waals surface area contributed by atoms with Crippen LogP contribution in [0, 0.1) is 11.7 Å². The van der Waals surface area contributed by atoms with Gasteiger partial charge in [-0.15, -0.1) is 0 Å². The number of hydrogen-bond donors (Lipinski definition) is 1. The molecule has 1 heterocycles. The number of nitrogens with one attached hydrogen (secondary N) is 1. The summed E-state index contributed by atoms with van der Waals surface area (Å²) < 4.78 is 18.6. The van der Waals surface area contributed by atoms with Crippen LogP contribution >= 0.6 is 11.6 Å². The van der Waals surface area contributed by atoms with Crippen molar-refractivity contribution in [3.63, 3.8) is 0 Å². The van der Waals surface area contributed by atoms with Crippen molar-refractivity contribution < 1.29 is 4.21 Å². The lowest BCUT2D eigenvalue weighted by Gasteiger charge is -2.04. The van der Waals surface area contributed by atoms with Crippen LogP contribution in [0.2, 0.25) is 5.15 Å². The number of aryl methyl sites for hydroxylation is 1. The van der Waals surface area contributed by atoms with Crippen molar-refractivity contribution >= 4 is 21.3 Å². The molecule has 0 aliphatic carbocycles. The predicted octanol–water partition coefficient (Wildman–Crippen LogP) is 2.08. The second-order valence-corrected chi connectivity index (χ2v) is 5.13. The van der Waals surface area contributed by atoms with Crippen LogP contribution in [0.1, 0.15) is 5.56 Å². The van der Waals surface area contributed by atoms with E-state index < -0.39 is 9.73 Å². The van der Waals surface area contributed by atoms with Gasteiger partial charge in [-0.1, -0.05) is 11.6 Å². The molecule has 12 heavy (non-hydrogen) atoms. The molecular formula is C7H9ClN2OS. The first-order chi connectivity index (χ1) is 5.41. The summed E-state index contributed by atoms with van der Waals surface area (Å²) in [5, 5.41) is 0.361. The molecule has 1 rings (SSSR count). The Morgan fingerprint density at radius 2 is 2.25 bits per heavy atom. The van der Waals surface area contributed by atoms with E-state index in [-0.39, 0.29) is 0 Å². The van der Waals surface area contributed by atoms with Crippen LogP contribution in [0.3, 0.4) is 0 Å². The SMILES string of the molecule is Cc1cc(Cl)ncc1S(C)(=N)=O. The summed E-state index contributed by atoms with van der Waals surface area (Å²) >= 11 is 5.60. The van der Waals surface area contributed by atoms with E-state index in [0.29, 0.717) is 10.0 Å². The van der Waals surface area contributed by atoms with E-state index in [1.165, 1.54) is 12.5 Å². The van der Waals surface area contributed by atoms with Gasteiger partial charge in [-0.25, -0.2) is 14.0 Å². The molecule has 1 N–H and O–H groups in total. The minimum atomic E-state index is -2.67. The van der Waals surface area contributed by atoms with E-state index in [1.807, 2.05) is 0 Å². The molecule has 0 aliphatic rings. The Morgan fingerprint density at radius 3 is 2.67 bits per heavy atom. The summed E-state index contributed by atoms with van der Waals surface area (Å²) in [6, 6.07) is 1.61. The van der Waals surface area contributed by atoms with Crippen LogP contribution in [-0.2, 0) is 9.73 Å². The molecule has 0 radical (unpaired) electrons. The second-order valence-electron chi connectivity index (χ2n) is 2.62. The molecule has 3 nitrogen and oxygen atoms in total. The van der Waals surface area contributed by atoms with Gasteiger partial charge < -0.3 is 0 Å². The smallest absolute Gasteiger partial charge is 0.129 e. The number of pyridine rings is 1. The molecule has 1 aromatic heterocycles. The van der Waals surface area contributed by atoms with Crippen LogP contribution in [0.5, 0.6) is 0 Å². The molecule has 0 saturated heterocycles. The quantitative estimate of drug-likeness (QED) is 0.713. The van der Waals surface area contributed by atoms with Crippen LogP contribution in [0.4, 0.5) is 0 Å². The van der Waals surface area contributed by atoms with Gasteiger partial charge in [-0.3, -0.25) is 0 Å². The average Bonchev–Trinajstić information content (AvgIpc) is 1.83. The van der Waals surface area contributed by atoms with Crippen molar-refractivity contribution in [1.29, 1.82) is 4.78 Å². The molecular weight excluding hydrogens is 196 g/mol. The van der Waals surface area contributed by atoms with Crippen molar-refractivity contribution in [2.45, 2.75) is 11.8 Å². The van der Waals surface area contributed by atoms with Gasteiger partial charge in [-0.2, -0.15) is 0 Å². The van der Waals surface area contributed by atoms with E-state index in [2.05, 4.69) is 4.98 Å². The van der Waals surface area contributed by atoms with Gasteiger partial charge in [0.25, 0.3) is 0 Å². The molecule has 0 fully saturated rings. The Hall–Kier alpha value is -0.610. The monoisotopic (exact) mass is 204 g/mol. The summed E-state index contributed by atoms with van der Waals surface area (Å²) in [5.74, 6) is 0. The molecule has 0 bridgehead atoms. The minimum Gasteiger partial charge on any atom is -0.249 e. The van der Waals surface area contributed by atoms with Crippen molar-refractivity contribution in [1.82, 2.24) is 4.98 Å². The molecule has 1 aromatic rings. The predicted molar refractivity (Wildman–Crippen MR) is 49.0 cm³/mol. The fraction of sp³-hybridized carbons (Fsp3) is 0.286. The van der Waals surface area contributed by atoms with Crippen molar-refractivity contribution in [2.24, 2.45) is 0 Å². The molecule has 0 spiro atoms. The van der Waals surface area contributed by atoms with Gasteiger partial charge in [-0.05, 0) is 18.6 Å². The number of rotatable bonds is 1. The van der Waals surface area contributed by atoms with E-state index in [4.69, 9.17) is 16.4 Å². The van der Waals surface area contributed by atoms with Crippen LogP contribution in [0.25, 0.3) is 0 Å². The molecule has 1 atom stereocenters. The van der Waals surface area contributed by atoms with Gasteiger partial charge in [0, 0.05) is 12.5 Å². The average molecular weight is 205 g/mol. The van der Waals surface area contributed by atoms with Gasteiger partial charge in [0.2, 0.25) is 0 Å². The fourth-order valence-corrected chi connectivity index (χ4v) is 2.06. The van der Waals surface area contributed by atoms with E-state index in [9.17, 15) is 4.21 Å². The van der Waals surface area contributed by atoms with Crippen molar-refractivity contribution in [3.05, 3.63) is 23.0 Å². The Labute approximate surface area is 76.8 Å². The Morgan fingerprint density at radius 1 is 1.67 bits per heavy atom. The van der Waals surface area contributed by atoms with Crippen molar-refractivity contribution in [2.75, 3.05) is 6.26 Å². The van der Waals surface area contributed by atoms with Crippen LogP contribution in [-0.4, -0.2) is 15.4 Å². The van der Waals surface area contributed by atoms with Gasteiger partial charge in [0.1, 0.15) is 5.15 Å². The third kappa shape index (κ3) is 1.95. The van der Waals surface area contributed by atoms with Crippen LogP contribution in [0.15, 0.2) is 17.2 Å². The topological polar surface area (TPSA) is 53.8 Å². The summed E-state index contributed by atoms with van der Waals surface area (Å²) in [6.07, 6.45) is 2.76. The number of nitrogens with zero attached hydrogens (tertiary/aromatic N) is 1. The summed E-state index contributed by atoms with van der Waals surface area (Å²) in [7, 11) is -2.67. The maximum atomic E-state index is 11.3. The highest BCUT2D eigenvalue weighted by atomic mass is 35.5. The fourth-order valence-electron chi connectivity index (χ4n) is 0.917. The normalized spacial score (nSPS) is 15.6. The molecule has 66 valence electrons. The zero-order valence-corrected chi connectivity index (χ0v) is 8.37. The molecule has 0 aromatic carbocycles. The molecule has 1 unspecified atom stereocenters. The summed E-state index contributed by atoms with van der Waals surface area (Å²) in [4.78, 5) is 4.22. The lowest BCUT2D eigenvalue weighted by molar-refractivity contribution is 0.678. The minimum absolute atomic E-state index is 0.361. The van der Waals surface area contributed by atoms with Crippen LogP contribution < -0.4 is 0 Å². The van der Waals surface area contributed by atoms with Crippen molar-refractivity contribution in [3.8, 4) is 0 Å². The van der Waals surface area contributed by atoms with E-state index in [1.54, 1.807) is 13.0 Å². The van der Waals surface area contributed by atoms with Gasteiger partial charge in [0.15, 0.2) is 0 Å². The standard InChI is InChI=1S/C7H9ClN2OS/c1-5-3-7(8)10-4-6(5)12(2,9)11/h3-4,9H,1-2H3. The highest BCUT2D eigenvalue weighted by Crippen LogP contribution is 2.16. The zero-order valence-electron chi connectivity index (χ0n) is 6.80. The summed E-state index contributed by atoms with van der Waals surface area (Å²) in [5.41, 5.74) is 0.748. The van der Waals surface area contributed by atoms with E-state index in [0.717, 1.165) is 5.56 Å². The van der Waals surface area contributed by atoms with E-state index >= 15 is 0 Å². The summed E-state index contributed by atoms with van der Waals surface area (Å²) in [6.45, 7) is 1.76. The largest absolute Gasteiger partial charge is 0.249 e. The molecule has 0 aliphatic heterocycles. The molecule has 5 heteroatoms. The Balaban J connectivity index is 3.39. The lowest BCUT2D eigenvalue weighted by Crippen LogP contribution is -1.98. The lowest BCUT2D eigenvalue weighted by atomic mass is 10.3. The number of halogens is 1. The Bertz CT molecular complexity index is 400. The maximum Gasteiger partial charge on any atom is 0.129 e. The third-order valence-corrected chi connectivity index (χ3v) is 2.92.